The Morgan fingerprint density at radius 3 is 2.94 bits per heavy atom. The molecule has 0 radical (unpaired) electrons. The van der Waals surface area contributed by atoms with Crippen molar-refractivity contribution in [1.82, 2.24) is 19.7 Å². The van der Waals surface area contributed by atoms with Crippen LogP contribution >= 0.6 is 11.6 Å². The standard InChI is InChI=1S/C12H16ClN5/c1-9(8-18-5-3-4-15-18)7-14-12-6-11(13)16-10(2)17-12/h3-6,9H,7-8H2,1-2H3,(H,14,16,17). The Bertz CT molecular complexity index is 477. The van der Waals surface area contributed by atoms with Crippen LogP contribution in [0.2, 0.25) is 5.15 Å². The van der Waals surface area contributed by atoms with E-state index >= 15 is 0 Å². The van der Waals surface area contributed by atoms with Gasteiger partial charge in [-0.25, -0.2) is 9.97 Å². The Morgan fingerprint density at radius 1 is 1.44 bits per heavy atom. The lowest BCUT2D eigenvalue weighted by Gasteiger charge is -2.13. The second kappa shape index (κ2) is 5.82. The number of rotatable bonds is 5. The molecule has 0 bridgehead atoms. The SMILES string of the molecule is Cc1nc(Cl)cc(NCC(C)Cn2cccn2)n1. The first-order chi connectivity index (χ1) is 8.63. The van der Waals surface area contributed by atoms with E-state index in [2.05, 4.69) is 27.3 Å². The highest BCUT2D eigenvalue weighted by Crippen LogP contribution is 2.11. The monoisotopic (exact) mass is 265 g/mol. The molecule has 0 saturated carbocycles. The summed E-state index contributed by atoms with van der Waals surface area (Å²) < 4.78 is 1.92. The van der Waals surface area contributed by atoms with Crippen LogP contribution in [0.25, 0.3) is 0 Å². The maximum Gasteiger partial charge on any atom is 0.134 e. The van der Waals surface area contributed by atoms with Gasteiger partial charge in [0.1, 0.15) is 16.8 Å². The van der Waals surface area contributed by atoms with Crippen molar-refractivity contribution >= 4 is 17.4 Å². The second-order valence-electron chi connectivity index (χ2n) is 4.34. The molecule has 96 valence electrons. The smallest absolute Gasteiger partial charge is 0.134 e. The van der Waals surface area contributed by atoms with Crippen LogP contribution in [-0.4, -0.2) is 26.3 Å². The lowest BCUT2D eigenvalue weighted by Crippen LogP contribution is -2.18. The van der Waals surface area contributed by atoms with Crippen molar-refractivity contribution in [2.75, 3.05) is 11.9 Å². The normalized spacial score (nSPS) is 12.4. The predicted octanol–water partition coefficient (Wildman–Crippen LogP) is 2.38. The van der Waals surface area contributed by atoms with Crippen molar-refractivity contribution in [3.63, 3.8) is 0 Å². The molecule has 2 aromatic heterocycles. The predicted molar refractivity (Wildman–Crippen MR) is 71.7 cm³/mol. The molecule has 2 heterocycles. The first-order valence-electron chi connectivity index (χ1n) is 5.86. The van der Waals surface area contributed by atoms with Gasteiger partial charge in [0.05, 0.1) is 0 Å². The average molecular weight is 266 g/mol. The minimum absolute atomic E-state index is 0.443. The molecule has 5 nitrogen and oxygen atoms in total. The second-order valence-corrected chi connectivity index (χ2v) is 4.72. The van der Waals surface area contributed by atoms with Crippen LogP contribution in [0.3, 0.4) is 0 Å². The van der Waals surface area contributed by atoms with Crippen molar-refractivity contribution in [2.45, 2.75) is 20.4 Å². The van der Waals surface area contributed by atoms with Crippen molar-refractivity contribution in [2.24, 2.45) is 5.92 Å². The lowest BCUT2D eigenvalue weighted by molar-refractivity contribution is 0.467. The summed E-state index contributed by atoms with van der Waals surface area (Å²) in [5.41, 5.74) is 0. The number of aryl methyl sites for hydroxylation is 1. The molecule has 0 aliphatic heterocycles. The van der Waals surface area contributed by atoms with Gasteiger partial charge in [-0.05, 0) is 18.9 Å². The van der Waals surface area contributed by atoms with Crippen LogP contribution in [0.5, 0.6) is 0 Å². The fraction of sp³-hybridized carbons (Fsp3) is 0.417. The number of aromatic nitrogens is 4. The fourth-order valence-corrected chi connectivity index (χ4v) is 1.92. The third kappa shape index (κ3) is 3.70. The molecule has 2 rings (SSSR count). The molecule has 1 unspecified atom stereocenters. The maximum atomic E-state index is 5.88. The van der Waals surface area contributed by atoms with Gasteiger partial charge < -0.3 is 5.32 Å². The molecule has 0 aliphatic carbocycles. The summed E-state index contributed by atoms with van der Waals surface area (Å²) in [5.74, 6) is 1.88. The minimum atomic E-state index is 0.443. The number of halogens is 1. The van der Waals surface area contributed by atoms with Crippen LogP contribution < -0.4 is 5.32 Å². The average Bonchev–Trinajstić information content (AvgIpc) is 2.78. The Labute approximate surface area is 111 Å². The van der Waals surface area contributed by atoms with E-state index in [1.165, 1.54) is 0 Å². The Hall–Kier alpha value is -1.62. The van der Waals surface area contributed by atoms with Crippen molar-refractivity contribution in [1.29, 1.82) is 0 Å². The molecule has 0 spiro atoms. The number of nitrogens with zero attached hydrogens (tertiary/aromatic N) is 4. The van der Waals surface area contributed by atoms with Crippen LogP contribution in [0.4, 0.5) is 5.82 Å². The zero-order valence-corrected chi connectivity index (χ0v) is 11.2. The van der Waals surface area contributed by atoms with Gasteiger partial charge in [0, 0.05) is 31.5 Å². The number of hydrogen-bond acceptors (Lipinski definition) is 4. The van der Waals surface area contributed by atoms with E-state index in [9.17, 15) is 0 Å². The molecule has 2 aromatic rings. The molecule has 0 fully saturated rings. The molecule has 0 aromatic carbocycles. The van der Waals surface area contributed by atoms with E-state index in [1.807, 2.05) is 23.9 Å². The van der Waals surface area contributed by atoms with Gasteiger partial charge in [-0.1, -0.05) is 18.5 Å². The van der Waals surface area contributed by atoms with Gasteiger partial charge in [-0.2, -0.15) is 5.10 Å². The Balaban J connectivity index is 1.87. The molecule has 0 amide bonds. The highest BCUT2D eigenvalue weighted by Gasteiger charge is 2.05. The van der Waals surface area contributed by atoms with E-state index in [4.69, 9.17) is 11.6 Å². The molecule has 1 atom stereocenters. The zero-order chi connectivity index (χ0) is 13.0. The molecular formula is C12H16ClN5. The molecule has 1 N–H and O–H groups in total. The van der Waals surface area contributed by atoms with E-state index in [-0.39, 0.29) is 0 Å². The van der Waals surface area contributed by atoms with Crippen molar-refractivity contribution in [3.05, 3.63) is 35.5 Å². The summed E-state index contributed by atoms with van der Waals surface area (Å²) in [5, 5.41) is 7.91. The summed E-state index contributed by atoms with van der Waals surface area (Å²) in [7, 11) is 0. The molecule has 0 aliphatic rings. The van der Waals surface area contributed by atoms with E-state index in [0.717, 1.165) is 18.9 Å². The van der Waals surface area contributed by atoms with Gasteiger partial charge in [0.2, 0.25) is 0 Å². The molecule has 0 saturated heterocycles. The summed E-state index contributed by atoms with van der Waals surface area (Å²) in [4.78, 5) is 8.30. The topological polar surface area (TPSA) is 55.6 Å². The van der Waals surface area contributed by atoms with E-state index < -0.39 is 0 Å². The zero-order valence-electron chi connectivity index (χ0n) is 10.5. The van der Waals surface area contributed by atoms with Crippen molar-refractivity contribution < 1.29 is 0 Å². The van der Waals surface area contributed by atoms with Gasteiger partial charge in [-0.15, -0.1) is 0 Å². The van der Waals surface area contributed by atoms with E-state index in [0.29, 0.717) is 16.9 Å². The quantitative estimate of drug-likeness (QED) is 0.844. The van der Waals surface area contributed by atoms with Gasteiger partial charge in [0.25, 0.3) is 0 Å². The number of nitrogens with one attached hydrogen (secondary N) is 1. The summed E-state index contributed by atoms with van der Waals surface area (Å²) >= 11 is 5.88. The largest absolute Gasteiger partial charge is 0.370 e. The first-order valence-corrected chi connectivity index (χ1v) is 6.24. The Morgan fingerprint density at radius 2 is 2.28 bits per heavy atom. The minimum Gasteiger partial charge on any atom is -0.370 e. The molecule has 18 heavy (non-hydrogen) atoms. The van der Waals surface area contributed by atoms with Crippen molar-refractivity contribution in [3.8, 4) is 0 Å². The lowest BCUT2D eigenvalue weighted by atomic mass is 10.2. The van der Waals surface area contributed by atoms with Gasteiger partial charge >= 0.3 is 0 Å². The molecule has 6 heteroatoms. The fourth-order valence-electron chi connectivity index (χ4n) is 1.69. The van der Waals surface area contributed by atoms with Crippen LogP contribution in [0.1, 0.15) is 12.7 Å². The maximum absolute atomic E-state index is 5.88. The molecular weight excluding hydrogens is 250 g/mol. The first kappa shape index (κ1) is 12.8. The summed E-state index contributed by atoms with van der Waals surface area (Å²) in [6.07, 6.45) is 3.75. The van der Waals surface area contributed by atoms with Crippen LogP contribution in [-0.2, 0) is 6.54 Å². The third-order valence-electron chi connectivity index (χ3n) is 2.50. The van der Waals surface area contributed by atoms with E-state index in [1.54, 1.807) is 12.3 Å². The highest BCUT2D eigenvalue weighted by atomic mass is 35.5. The number of anilines is 1. The summed E-state index contributed by atoms with van der Waals surface area (Å²) in [6, 6.07) is 3.66. The Kier molecular flexibility index (Phi) is 4.15. The van der Waals surface area contributed by atoms with Gasteiger partial charge in [-0.3, -0.25) is 4.68 Å². The number of hydrogen-bond donors (Lipinski definition) is 1. The van der Waals surface area contributed by atoms with Crippen LogP contribution in [0.15, 0.2) is 24.5 Å². The van der Waals surface area contributed by atoms with Crippen LogP contribution in [0, 0.1) is 12.8 Å². The highest BCUT2D eigenvalue weighted by molar-refractivity contribution is 6.29. The summed E-state index contributed by atoms with van der Waals surface area (Å²) in [6.45, 7) is 5.67. The third-order valence-corrected chi connectivity index (χ3v) is 2.69. The van der Waals surface area contributed by atoms with Gasteiger partial charge in [0.15, 0.2) is 0 Å².